The maximum Gasteiger partial charge on any atom is 0.119 e. The number of allylic oxidation sites excluding steroid dienone is 12. The number of ether oxygens (including phenoxy) is 1. The van der Waals surface area contributed by atoms with E-state index in [1.54, 1.807) is 42.5 Å². The molecule has 0 fully saturated rings. The first-order chi connectivity index (χ1) is 30.9. The highest BCUT2D eigenvalue weighted by molar-refractivity contribution is 6.39. The Labute approximate surface area is 368 Å². The standard InChI is InChI=1S/C55H50N4O4/c1-2-3-4-5-6-7-8-9-10-31-63-43-22-14-18-39(35-43)55-50-29-27-48(58-50)53(37-16-12-20-41(61)33-37)46-25-23-44(56-46)52(36-15-11-19-40(60)32-36)45-24-26-47(57-45)54(49-28-30-51(55)59-49)38-17-13-21-42(62)34-38/h11-30,32-35,60-62H,2-10,31H2,1H3. The van der Waals surface area contributed by atoms with E-state index in [0.717, 1.165) is 63.1 Å². The SMILES string of the molecule is CCCCCCCCCCCOc1cccc(C2=C3C=CC(=N3)C(c3cccc(O)c3)=C3C=CC(=N3)C(c3cccc(O)c3)=C3C=CC(=N3)C(c3cccc(O)c3)=C3C=CC2=N3)c1. The lowest BCUT2D eigenvalue weighted by atomic mass is 9.98. The zero-order chi connectivity index (χ0) is 43.1. The normalized spacial score (nSPS) is 16.4. The molecule has 8 bridgehead atoms. The summed E-state index contributed by atoms with van der Waals surface area (Å²) < 4.78 is 6.37. The van der Waals surface area contributed by atoms with Gasteiger partial charge in [0.2, 0.25) is 0 Å². The van der Waals surface area contributed by atoms with Gasteiger partial charge < -0.3 is 20.1 Å². The zero-order valence-corrected chi connectivity index (χ0v) is 35.5. The number of phenols is 3. The summed E-state index contributed by atoms with van der Waals surface area (Å²) in [6, 6.07) is 29.5. The number of aromatic hydroxyl groups is 3. The second kappa shape index (κ2) is 18.7. The van der Waals surface area contributed by atoms with Crippen LogP contribution in [0.4, 0.5) is 0 Å². The highest BCUT2D eigenvalue weighted by Gasteiger charge is 2.28. The number of hydrogen-bond acceptors (Lipinski definition) is 8. The maximum absolute atomic E-state index is 10.7. The van der Waals surface area contributed by atoms with Crippen LogP contribution in [-0.4, -0.2) is 44.8 Å². The van der Waals surface area contributed by atoms with E-state index >= 15 is 0 Å². The minimum Gasteiger partial charge on any atom is -0.508 e. The molecule has 0 spiro atoms. The van der Waals surface area contributed by atoms with Crippen molar-refractivity contribution < 1.29 is 20.1 Å². The lowest BCUT2D eigenvalue weighted by Crippen LogP contribution is -2.04. The van der Waals surface area contributed by atoms with Gasteiger partial charge in [-0.1, -0.05) is 107 Å². The summed E-state index contributed by atoms with van der Waals surface area (Å²) in [5, 5.41) is 32.1. The molecule has 4 aromatic carbocycles. The van der Waals surface area contributed by atoms with Gasteiger partial charge in [-0.25, -0.2) is 20.0 Å². The topological polar surface area (TPSA) is 119 Å². The molecule has 0 saturated carbocycles. The summed E-state index contributed by atoms with van der Waals surface area (Å²) in [4.78, 5) is 21.1. The van der Waals surface area contributed by atoms with E-state index in [2.05, 4.69) is 19.1 Å². The van der Waals surface area contributed by atoms with E-state index in [0.29, 0.717) is 52.2 Å². The molecule has 3 N–H and O–H groups in total. The van der Waals surface area contributed by atoms with Crippen LogP contribution in [0.5, 0.6) is 23.0 Å². The summed E-state index contributed by atoms with van der Waals surface area (Å²) in [6.07, 6.45) is 27.1. The molecule has 63 heavy (non-hydrogen) atoms. The van der Waals surface area contributed by atoms with Gasteiger partial charge in [0, 0.05) is 22.3 Å². The van der Waals surface area contributed by atoms with Gasteiger partial charge in [0.05, 0.1) is 52.2 Å². The third-order valence-electron chi connectivity index (χ3n) is 11.7. The van der Waals surface area contributed by atoms with Gasteiger partial charge in [-0.05, 0) is 126 Å². The van der Waals surface area contributed by atoms with Gasteiger partial charge in [-0.3, -0.25) is 0 Å². The van der Waals surface area contributed by atoms with Crippen molar-refractivity contribution in [3.63, 3.8) is 0 Å². The fourth-order valence-corrected chi connectivity index (χ4v) is 8.60. The summed E-state index contributed by atoms with van der Waals surface area (Å²) in [6.45, 7) is 2.90. The van der Waals surface area contributed by atoms with Crippen molar-refractivity contribution >= 4 is 45.1 Å². The number of nitrogens with zero attached hydrogens (tertiary/aromatic N) is 4. The molecule has 314 valence electrons. The first kappa shape index (κ1) is 41.1. The summed E-state index contributed by atoms with van der Waals surface area (Å²) in [7, 11) is 0. The fraction of sp³-hybridized carbons (Fsp3) is 0.200. The predicted molar refractivity (Wildman–Crippen MR) is 257 cm³/mol. The summed E-state index contributed by atoms with van der Waals surface area (Å²) >= 11 is 0. The average molecular weight is 831 g/mol. The second-order valence-corrected chi connectivity index (χ2v) is 16.2. The molecular formula is C55H50N4O4. The van der Waals surface area contributed by atoms with E-state index in [-0.39, 0.29) is 17.2 Å². The molecule has 4 aromatic rings. The summed E-state index contributed by atoms with van der Waals surface area (Å²) in [5.41, 5.74) is 11.6. The minimum absolute atomic E-state index is 0.120. The number of fused-ring (bicyclic) bond motifs is 4. The number of aliphatic imine (C=N–C) groups is 4. The molecule has 0 aromatic heterocycles. The molecule has 8 nitrogen and oxygen atoms in total. The molecular weight excluding hydrogens is 781 g/mol. The maximum atomic E-state index is 10.7. The van der Waals surface area contributed by atoms with Crippen molar-refractivity contribution in [3.05, 3.63) is 191 Å². The van der Waals surface area contributed by atoms with Crippen LogP contribution in [0.2, 0.25) is 0 Å². The average Bonchev–Trinajstić information content (AvgIpc) is 4.13. The van der Waals surface area contributed by atoms with E-state index in [1.165, 1.54) is 44.9 Å². The Morgan fingerprint density at radius 1 is 0.381 bits per heavy atom. The van der Waals surface area contributed by atoms with Crippen LogP contribution in [0.3, 0.4) is 0 Å². The van der Waals surface area contributed by atoms with E-state index in [9.17, 15) is 15.3 Å². The fourth-order valence-electron chi connectivity index (χ4n) is 8.60. The van der Waals surface area contributed by atoms with Gasteiger partial charge in [-0.2, -0.15) is 0 Å². The molecule has 5 aliphatic rings. The molecule has 9 rings (SSSR count). The highest BCUT2D eigenvalue weighted by Crippen LogP contribution is 2.40. The number of benzene rings is 4. The van der Waals surface area contributed by atoms with E-state index in [4.69, 9.17) is 24.7 Å². The van der Waals surface area contributed by atoms with Crippen molar-refractivity contribution in [2.45, 2.75) is 64.7 Å². The Kier molecular flexibility index (Phi) is 12.2. The van der Waals surface area contributed by atoms with Gasteiger partial charge >= 0.3 is 0 Å². The zero-order valence-electron chi connectivity index (χ0n) is 35.5. The van der Waals surface area contributed by atoms with Crippen LogP contribution >= 0.6 is 0 Å². The van der Waals surface area contributed by atoms with Gasteiger partial charge in [0.1, 0.15) is 23.0 Å². The third-order valence-corrected chi connectivity index (χ3v) is 11.7. The van der Waals surface area contributed by atoms with E-state index in [1.807, 2.05) is 91.1 Å². The van der Waals surface area contributed by atoms with Crippen molar-refractivity contribution in [1.29, 1.82) is 0 Å². The molecule has 0 atom stereocenters. The number of phenolic OH excluding ortho intramolecular Hbond substituents is 3. The smallest absolute Gasteiger partial charge is 0.119 e. The first-order valence-electron chi connectivity index (χ1n) is 22.1. The van der Waals surface area contributed by atoms with Crippen molar-refractivity contribution in [2.75, 3.05) is 6.61 Å². The number of unbranched alkanes of at least 4 members (excludes halogenated alkanes) is 8. The quantitative estimate of drug-likeness (QED) is 0.103. The number of rotatable bonds is 15. The molecule has 0 saturated heterocycles. The van der Waals surface area contributed by atoms with E-state index < -0.39 is 0 Å². The molecule has 0 amide bonds. The molecule has 0 unspecified atom stereocenters. The first-order valence-corrected chi connectivity index (χ1v) is 22.1. The Morgan fingerprint density at radius 3 is 1.08 bits per heavy atom. The van der Waals surface area contributed by atoms with Crippen LogP contribution in [0, 0.1) is 0 Å². The van der Waals surface area contributed by atoms with Gasteiger partial charge in [0.25, 0.3) is 0 Å². The highest BCUT2D eigenvalue weighted by atomic mass is 16.5. The van der Waals surface area contributed by atoms with Crippen LogP contribution in [0.25, 0.3) is 22.3 Å². The van der Waals surface area contributed by atoms with Gasteiger partial charge in [-0.15, -0.1) is 0 Å². The largest absolute Gasteiger partial charge is 0.508 e. The molecule has 5 aliphatic heterocycles. The number of hydrogen-bond donors (Lipinski definition) is 3. The lowest BCUT2D eigenvalue weighted by molar-refractivity contribution is 0.304. The molecule has 0 aliphatic carbocycles. The Morgan fingerprint density at radius 2 is 0.714 bits per heavy atom. The predicted octanol–water partition coefficient (Wildman–Crippen LogP) is 12.7. The Balaban J connectivity index is 1.18. The van der Waals surface area contributed by atoms with Crippen LogP contribution < -0.4 is 4.74 Å². The van der Waals surface area contributed by atoms with Crippen molar-refractivity contribution in [3.8, 4) is 23.0 Å². The second-order valence-electron chi connectivity index (χ2n) is 16.2. The third kappa shape index (κ3) is 9.16. The van der Waals surface area contributed by atoms with Crippen LogP contribution in [0.15, 0.2) is 188 Å². The summed E-state index contributed by atoms with van der Waals surface area (Å²) in [5.74, 6) is 1.16. The van der Waals surface area contributed by atoms with Crippen LogP contribution in [0.1, 0.15) is 87.0 Å². The van der Waals surface area contributed by atoms with Crippen molar-refractivity contribution in [2.24, 2.45) is 20.0 Å². The van der Waals surface area contributed by atoms with Crippen molar-refractivity contribution in [1.82, 2.24) is 0 Å². The Bertz CT molecular complexity index is 2810. The Hall–Kier alpha value is -7.32. The molecule has 8 heteroatoms. The lowest BCUT2D eigenvalue weighted by Gasteiger charge is -2.13. The van der Waals surface area contributed by atoms with Gasteiger partial charge in [0.15, 0.2) is 0 Å². The molecule has 5 heterocycles. The monoisotopic (exact) mass is 830 g/mol. The molecule has 0 radical (unpaired) electrons. The van der Waals surface area contributed by atoms with Crippen LogP contribution in [-0.2, 0) is 0 Å². The minimum atomic E-state index is 0.120.